The standard InChI is InChI=1S/C13H16N2O2/c1-8(2)10-4-5-15-7-14-12(11(15)6-10)9(3)13(16)17/h4-9H,1-3H3,(H,16,17). The summed E-state index contributed by atoms with van der Waals surface area (Å²) < 4.78 is 1.86. The van der Waals surface area contributed by atoms with E-state index in [1.54, 1.807) is 13.3 Å². The van der Waals surface area contributed by atoms with Gasteiger partial charge in [-0.2, -0.15) is 0 Å². The number of imidazole rings is 1. The first-order valence-electron chi connectivity index (χ1n) is 5.70. The zero-order chi connectivity index (χ0) is 12.6. The molecule has 4 nitrogen and oxygen atoms in total. The Morgan fingerprint density at radius 1 is 1.41 bits per heavy atom. The van der Waals surface area contributed by atoms with E-state index in [1.165, 1.54) is 5.56 Å². The molecule has 0 aliphatic carbocycles. The molecule has 2 rings (SSSR count). The predicted octanol–water partition coefficient (Wildman–Crippen LogP) is 2.65. The molecule has 0 saturated heterocycles. The normalized spacial score (nSPS) is 13.2. The first-order chi connectivity index (χ1) is 8.00. The van der Waals surface area contributed by atoms with Crippen molar-refractivity contribution in [3.63, 3.8) is 0 Å². The van der Waals surface area contributed by atoms with Crippen LogP contribution < -0.4 is 0 Å². The van der Waals surface area contributed by atoms with Crippen LogP contribution in [-0.2, 0) is 4.79 Å². The number of nitrogens with zero attached hydrogens (tertiary/aromatic N) is 2. The van der Waals surface area contributed by atoms with Crippen LogP contribution in [-0.4, -0.2) is 20.5 Å². The molecular formula is C13H16N2O2. The van der Waals surface area contributed by atoms with Gasteiger partial charge in [-0.25, -0.2) is 4.98 Å². The van der Waals surface area contributed by atoms with Gasteiger partial charge in [0, 0.05) is 6.20 Å². The van der Waals surface area contributed by atoms with E-state index in [9.17, 15) is 4.79 Å². The Morgan fingerprint density at radius 3 is 2.71 bits per heavy atom. The number of rotatable bonds is 3. The molecule has 17 heavy (non-hydrogen) atoms. The number of carbonyl (C=O) groups is 1. The minimum absolute atomic E-state index is 0.419. The first-order valence-corrected chi connectivity index (χ1v) is 5.70. The second-order valence-corrected chi connectivity index (χ2v) is 4.60. The third-order valence-corrected chi connectivity index (χ3v) is 3.04. The molecule has 0 bridgehead atoms. The second-order valence-electron chi connectivity index (χ2n) is 4.60. The first kappa shape index (κ1) is 11.6. The number of aromatic nitrogens is 2. The molecule has 4 heteroatoms. The Morgan fingerprint density at radius 2 is 2.12 bits per heavy atom. The molecular weight excluding hydrogens is 216 g/mol. The molecule has 0 aliphatic rings. The number of fused-ring (bicyclic) bond motifs is 1. The number of carboxylic acids is 1. The highest BCUT2D eigenvalue weighted by molar-refractivity contribution is 5.78. The Hall–Kier alpha value is -1.84. The van der Waals surface area contributed by atoms with Crippen molar-refractivity contribution in [2.45, 2.75) is 32.6 Å². The lowest BCUT2D eigenvalue weighted by Gasteiger charge is -2.08. The van der Waals surface area contributed by atoms with E-state index in [0.29, 0.717) is 11.6 Å². The van der Waals surface area contributed by atoms with E-state index in [4.69, 9.17) is 5.11 Å². The second kappa shape index (κ2) is 4.20. The predicted molar refractivity (Wildman–Crippen MR) is 65.3 cm³/mol. The Balaban J connectivity index is 2.57. The maximum absolute atomic E-state index is 11.0. The Kier molecular flexibility index (Phi) is 2.88. The van der Waals surface area contributed by atoms with Crippen molar-refractivity contribution in [1.82, 2.24) is 9.38 Å². The Labute approximate surface area is 99.9 Å². The van der Waals surface area contributed by atoms with Crippen LogP contribution >= 0.6 is 0 Å². The molecule has 0 aromatic carbocycles. The lowest BCUT2D eigenvalue weighted by Crippen LogP contribution is -2.08. The van der Waals surface area contributed by atoms with Gasteiger partial charge in [0.2, 0.25) is 0 Å². The molecule has 90 valence electrons. The molecule has 0 spiro atoms. The maximum Gasteiger partial charge on any atom is 0.312 e. The summed E-state index contributed by atoms with van der Waals surface area (Å²) in [6.45, 7) is 5.89. The summed E-state index contributed by atoms with van der Waals surface area (Å²) in [5.41, 5.74) is 2.70. The maximum atomic E-state index is 11.0. The smallest absolute Gasteiger partial charge is 0.312 e. The lowest BCUT2D eigenvalue weighted by molar-refractivity contribution is -0.138. The summed E-state index contributed by atoms with van der Waals surface area (Å²) in [5.74, 6) is -1.01. The summed E-state index contributed by atoms with van der Waals surface area (Å²) in [6, 6.07) is 4.06. The largest absolute Gasteiger partial charge is 0.481 e. The third-order valence-electron chi connectivity index (χ3n) is 3.04. The average Bonchev–Trinajstić information content (AvgIpc) is 2.70. The van der Waals surface area contributed by atoms with Crippen molar-refractivity contribution in [2.24, 2.45) is 0 Å². The molecule has 0 radical (unpaired) electrons. The number of hydrogen-bond acceptors (Lipinski definition) is 2. The van der Waals surface area contributed by atoms with E-state index >= 15 is 0 Å². The minimum Gasteiger partial charge on any atom is -0.481 e. The number of hydrogen-bond donors (Lipinski definition) is 1. The summed E-state index contributed by atoms with van der Waals surface area (Å²) in [6.07, 6.45) is 3.59. The van der Waals surface area contributed by atoms with Crippen LogP contribution in [0.3, 0.4) is 0 Å². The van der Waals surface area contributed by atoms with Gasteiger partial charge < -0.3 is 9.51 Å². The van der Waals surface area contributed by atoms with E-state index < -0.39 is 11.9 Å². The van der Waals surface area contributed by atoms with Crippen molar-refractivity contribution in [3.05, 3.63) is 35.9 Å². The van der Waals surface area contributed by atoms with Crippen molar-refractivity contribution < 1.29 is 9.90 Å². The molecule has 0 saturated carbocycles. The number of aliphatic carboxylic acids is 1. The summed E-state index contributed by atoms with van der Waals surface area (Å²) in [4.78, 5) is 15.2. The van der Waals surface area contributed by atoms with Crippen LogP contribution in [0.4, 0.5) is 0 Å². The van der Waals surface area contributed by atoms with Crippen LogP contribution in [0.5, 0.6) is 0 Å². The fourth-order valence-corrected chi connectivity index (χ4v) is 1.83. The summed E-state index contributed by atoms with van der Waals surface area (Å²) in [5, 5.41) is 9.04. The average molecular weight is 232 g/mol. The molecule has 1 atom stereocenters. The highest BCUT2D eigenvalue weighted by Crippen LogP contribution is 2.23. The molecule has 0 fully saturated rings. The van der Waals surface area contributed by atoms with Crippen molar-refractivity contribution in [3.8, 4) is 0 Å². The van der Waals surface area contributed by atoms with Gasteiger partial charge in [0.1, 0.15) is 0 Å². The highest BCUT2D eigenvalue weighted by Gasteiger charge is 2.19. The van der Waals surface area contributed by atoms with Gasteiger partial charge in [0.05, 0.1) is 23.5 Å². The SMILES string of the molecule is CC(C)c1ccn2cnc(C(C)C(=O)O)c2c1. The van der Waals surface area contributed by atoms with Gasteiger partial charge in [0.25, 0.3) is 0 Å². The Bertz CT molecular complexity index is 558. The molecule has 0 amide bonds. The molecule has 1 unspecified atom stereocenters. The van der Waals surface area contributed by atoms with Crippen molar-refractivity contribution in [1.29, 1.82) is 0 Å². The quantitative estimate of drug-likeness (QED) is 0.885. The van der Waals surface area contributed by atoms with Gasteiger partial charge in [-0.3, -0.25) is 4.79 Å². The highest BCUT2D eigenvalue weighted by atomic mass is 16.4. The molecule has 2 aromatic heterocycles. The fraction of sp³-hybridized carbons (Fsp3) is 0.385. The number of carboxylic acid groups (broad SMARTS) is 1. The fourth-order valence-electron chi connectivity index (χ4n) is 1.83. The van der Waals surface area contributed by atoms with E-state index in [1.807, 2.05) is 22.7 Å². The molecule has 0 aliphatic heterocycles. The van der Waals surface area contributed by atoms with E-state index in [0.717, 1.165) is 5.52 Å². The van der Waals surface area contributed by atoms with Gasteiger partial charge in [-0.15, -0.1) is 0 Å². The summed E-state index contributed by atoms with van der Waals surface area (Å²) >= 11 is 0. The molecule has 1 N–H and O–H groups in total. The van der Waals surface area contributed by atoms with Crippen LogP contribution in [0.1, 0.15) is 43.9 Å². The van der Waals surface area contributed by atoms with Crippen LogP contribution in [0, 0.1) is 0 Å². The van der Waals surface area contributed by atoms with Crippen LogP contribution in [0.15, 0.2) is 24.7 Å². The van der Waals surface area contributed by atoms with Gasteiger partial charge in [-0.1, -0.05) is 13.8 Å². The lowest BCUT2D eigenvalue weighted by atomic mass is 10.0. The van der Waals surface area contributed by atoms with Crippen molar-refractivity contribution >= 4 is 11.5 Å². The van der Waals surface area contributed by atoms with Crippen LogP contribution in [0.2, 0.25) is 0 Å². The third kappa shape index (κ3) is 2.02. The summed E-state index contributed by atoms with van der Waals surface area (Å²) in [7, 11) is 0. The van der Waals surface area contributed by atoms with Gasteiger partial charge in [0.15, 0.2) is 0 Å². The van der Waals surface area contributed by atoms with Gasteiger partial charge in [-0.05, 0) is 30.5 Å². The zero-order valence-corrected chi connectivity index (χ0v) is 10.2. The molecule has 2 aromatic rings. The van der Waals surface area contributed by atoms with Gasteiger partial charge >= 0.3 is 5.97 Å². The van der Waals surface area contributed by atoms with Crippen LogP contribution in [0.25, 0.3) is 5.52 Å². The van der Waals surface area contributed by atoms with E-state index in [2.05, 4.69) is 18.8 Å². The zero-order valence-electron chi connectivity index (χ0n) is 10.2. The van der Waals surface area contributed by atoms with Crippen molar-refractivity contribution in [2.75, 3.05) is 0 Å². The topological polar surface area (TPSA) is 54.6 Å². The monoisotopic (exact) mass is 232 g/mol. The molecule has 2 heterocycles. The van der Waals surface area contributed by atoms with E-state index in [-0.39, 0.29) is 0 Å². The number of pyridine rings is 1. The minimum atomic E-state index is -0.847.